The summed E-state index contributed by atoms with van der Waals surface area (Å²) in [4.78, 5) is 23.9. The van der Waals surface area contributed by atoms with Gasteiger partial charge in [0.2, 0.25) is 0 Å². The third-order valence-corrected chi connectivity index (χ3v) is 3.89. The highest BCUT2D eigenvalue weighted by atomic mass is 35.5. The zero-order valence-electron chi connectivity index (χ0n) is 15.7. The number of amides is 1. The van der Waals surface area contributed by atoms with Crippen molar-refractivity contribution in [3.8, 4) is 17.2 Å². The van der Waals surface area contributed by atoms with E-state index in [0.717, 1.165) is 5.56 Å². The highest BCUT2D eigenvalue weighted by molar-refractivity contribution is 6.32. The number of esters is 1. The van der Waals surface area contributed by atoms with Crippen LogP contribution in [0.15, 0.2) is 42.5 Å². The maximum Gasteiger partial charge on any atom is 0.331 e. The molecule has 0 heterocycles. The molecule has 28 heavy (non-hydrogen) atoms. The fourth-order valence-electron chi connectivity index (χ4n) is 2.24. The summed E-state index contributed by atoms with van der Waals surface area (Å²) in [5, 5.41) is 2.88. The van der Waals surface area contributed by atoms with Crippen LogP contribution >= 0.6 is 11.6 Å². The van der Waals surface area contributed by atoms with Gasteiger partial charge in [0.1, 0.15) is 17.2 Å². The number of anilines is 1. The summed E-state index contributed by atoms with van der Waals surface area (Å²) in [6.45, 7) is -0.464. The van der Waals surface area contributed by atoms with Crippen molar-refractivity contribution in [2.75, 3.05) is 33.3 Å². The quantitative estimate of drug-likeness (QED) is 0.534. The van der Waals surface area contributed by atoms with E-state index in [2.05, 4.69) is 5.32 Å². The van der Waals surface area contributed by atoms with Crippen LogP contribution in [0.1, 0.15) is 5.56 Å². The number of carbonyl (C=O) groups is 2. The second-order valence-corrected chi connectivity index (χ2v) is 5.86. The SMILES string of the molecule is COc1cccc(/C=C/C(=O)OCC(=O)Nc2cc(Cl)c(OC)cc2OC)c1. The van der Waals surface area contributed by atoms with Gasteiger partial charge in [0.05, 0.1) is 32.0 Å². The average Bonchev–Trinajstić information content (AvgIpc) is 2.71. The Morgan fingerprint density at radius 1 is 1.04 bits per heavy atom. The number of hydrogen-bond donors (Lipinski definition) is 1. The molecular formula is C20H20ClNO6. The summed E-state index contributed by atoms with van der Waals surface area (Å²) in [5.74, 6) is 0.242. The molecule has 2 aromatic rings. The molecule has 0 atom stereocenters. The van der Waals surface area contributed by atoms with Crippen molar-refractivity contribution in [1.82, 2.24) is 0 Å². The molecule has 0 aliphatic heterocycles. The van der Waals surface area contributed by atoms with Gasteiger partial charge in [-0.3, -0.25) is 4.79 Å². The number of benzene rings is 2. The topological polar surface area (TPSA) is 83.1 Å². The maximum atomic E-state index is 12.0. The van der Waals surface area contributed by atoms with Crippen molar-refractivity contribution in [2.45, 2.75) is 0 Å². The molecule has 148 valence electrons. The Morgan fingerprint density at radius 3 is 2.46 bits per heavy atom. The number of hydrogen-bond acceptors (Lipinski definition) is 6. The Balaban J connectivity index is 1.92. The van der Waals surface area contributed by atoms with Gasteiger partial charge in [-0.15, -0.1) is 0 Å². The molecule has 0 spiro atoms. The predicted octanol–water partition coefficient (Wildman–Crippen LogP) is 3.56. The summed E-state index contributed by atoms with van der Waals surface area (Å²) >= 11 is 6.06. The van der Waals surface area contributed by atoms with Gasteiger partial charge in [-0.2, -0.15) is 0 Å². The third-order valence-electron chi connectivity index (χ3n) is 3.60. The molecule has 0 saturated heterocycles. The molecule has 1 N–H and O–H groups in total. The fourth-order valence-corrected chi connectivity index (χ4v) is 2.48. The van der Waals surface area contributed by atoms with E-state index in [4.69, 9.17) is 30.5 Å². The summed E-state index contributed by atoms with van der Waals surface area (Å²) in [6, 6.07) is 10.2. The van der Waals surface area contributed by atoms with Crippen molar-refractivity contribution in [3.05, 3.63) is 53.1 Å². The Hall–Kier alpha value is -3.19. The molecule has 8 heteroatoms. The normalized spacial score (nSPS) is 10.4. The Bertz CT molecular complexity index is 881. The van der Waals surface area contributed by atoms with Crippen LogP contribution in [0.4, 0.5) is 5.69 Å². The molecule has 7 nitrogen and oxygen atoms in total. The number of halogens is 1. The molecule has 0 radical (unpaired) electrons. The molecule has 2 rings (SSSR count). The summed E-state index contributed by atoms with van der Waals surface area (Å²) in [5.41, 5.74) is 1.10. The lowest BCUT2D eigenvalue weighted by Crippen LogP contribution is -2.20. The minimum absolute atomic E-state index is 0.303. The van der Waals surface area contributed by atoms with Crippen LogP contribution in [-0.2, 0) is 14.3 Å². The number of carbonyl (C=O) groups excluding carboxylic acids is 2. The molecule has 0 unspecified atom stereocenters. The van der Waals surface area contributed by atoms with Crippen LogP contribution < -0.4 is 19.5 Å². The van der Waals surface area contributed by atoms with E-state index in [9.17, 15) is 9.59 Å². The van der Waals surface area contributed by atoms with Gasteiger partial charge in [0, 0.05) is 12.1 Å². The lowest BCUT2D eigenvalue weighted by Gasteiger charge is -2.13. The summed E-state index contributed by atoms with van der Waals surface area (Å²) < 4.78 is 20.3. The van der Waals surface area contributed by atoms with E-state index >= 15 is 0 Å². The number of rotatable bonds is 8. The number of methoxy groups -OCH3 is 3. The number of nitrogens with one attached hydrogen (secondary N) is 1. The van der Waals surface area contributed by atoms with Crippen LogP contribution in [0.3, 0.4) is 0 Å². The van der Waals surface area contributed by atoms with Gasteiger partial charge in [-0.1, -0.05) is 23.7 Å². The van der Waals surface area contributed by atoms with Crippen LogP contribution in [-0.4, -0.2) is 39.8 Å². The van der Waals surface area contributed by atoms with Crippen LogP contribution in [0.2, 0.25) is 5.02 Å². The van der Waals surface area contributed by atoms with E-state index in [0.29, 0.717) is 28.0 Å². The molecule has 0 fully saturated rings. The van der Waals surface area contributed by atoms with Gasteiger partial charge in [-0.25, -0.2) is 4.79 Å². The van der Waals surface area contributed by atoms with Crippen molar-refractivity contribution in [2.24, 2.45) is 0 Å². The first kappa shape index (κ1) is 21.1. The second-order valence-electron chi connectivity index (χ2n) is 5.45. The molecule has 0 aliphatic carbocycles. The van der Waals surface area contributed by atoms with Crippen molar-refractivity contribution >= 4 is 35.2 Å². The first-order chi connectivity index (χ1) is 13.5. The van der Waals surface area contributed by atoms with Crippen LogP contribution in [0.25, 0.3) is 6.08 Å². The largest absolute Gasteiger partial charge is 0.497 e. The minimum Gasteiger partial charge on any atom is -0.497 e. The second kappa shape index (κ2) is 10.2. The monoisotopic (exact) mass is 405 g/mol. The standard InChI is InChI=1S/C20H20ClNO6/c1-25-14-6-4-5-13(9-14)7-8-20(24)28-12-19(23)22-16-10-15(21)17(26-2)11-18(16)27-3/h4-11H,12H2,1-3H3,(H,22,23)/b8-7+. The fraction of sp³-hybridized carbons (Fsp3) is 0.200. The van der Waals surface area contributed by atoms with E-state index in [-0.39, 0.29) is 0 Å². The average molecular weight is 406 g/mol. The molecule has 0 saturated carbocycles. The lowest BCUT2D eigenvalue weighted by atomic mass is 10.2. The highest BCUT2D eigenvalue weighted by Gasteiger charge is 2.13. The van der Waals surface area contributed by atoms with Crippen LogP contribution in [0, 0.1) is 0 Å². The molecule has 0 aliphatic rings. The third kappa shape index (κ3) is 5.92. The van der Waals surface area contributed by atoms with Crippen molar-refractivity contribution < 1.29 is 28.5 Å². The zero-order chi connectivity index (χ0) is 20.5. The Labute approximate surface area is 167 Å². The van der Waals surface area contributed by atoms with E-state index in [1.165, 1.54) is 26.4 Å². The molecule has 0 aromatic heterocycles. The highest BCUT2D eigenvalue weighted by Crippen LogP contribution is 2.35. The van der Waals surface area contributed by atoms with Crippen molar-refractivity contribution in [3.63, 3.8) is 0 Å². The summed E-state index contributed by atoms with van der Waals surface area (Å²) in [7, 11) is 4.47. The minimum atomic E-state index is -0.655. The Morgan fingerprint density at radius 2 is 1.79 bits per heavy atom. The predicted molar refractivity (Wildman–Crippen MR) is 106 cm³/mol. The molecule has 2 aromatic carbocycles. The van der Waals surface area contributed by atoms with Gasteiger partial charge >= 0.3 is 5.97 Å². The van der Waals surface area contributed by atoms with Crippen LogP contribution in [0.5, 0.6) is 17.2 Å². The van der Waals surface area contributed by atoms with Gasteiger partial charge in [0.15, 0.2) is 6.61 Å². The van der Waals surface area contributed by atoms with Crippen molar-refractivity contribution in [1.29, 1.82) is 0 Å². The smallest absolute Gasteiger partial charge is 0.331 e. The van der Waals surface area contributed by atoms with E-state index in [1.807, 2.05) is 0 Å². The van der Waals surface area contributed by atoms with Gasteiger partial charge in [0.25, 0.3) is 5.91 Å². The molecular weight excluding hydrogens is 386 g/mol. The van der Waals surface area contributed by atoms with E-state index in [1.54, 1.807) is 43.5 Å². The van der Waals surface area contributed by atoms with Gasteiger partial charge in [-0.05, 0) is 29.8 Å². The van der Waals surface area contributed by atoms with Gasteiger partial charge < -0.3 is 24.3 Å². The first-order valence-corrected chi connectivity index (χ1v) is 8.55. The molecule has 0 bridgehead atoms. The zero-order valence-corrected chi connectivity index (χ0v) is 16.4. The molecule has 1 amide bonds. The Kier molecular flexibility index (Phi) is 7.71. The maximum absolute atomic E-state index is 12.0. The lowest BCUT2D eigenvalue weighted by molar-refractivity contribution is -0.142. The first-order valence-electron chi connectivity index (χ1n) is 8.17. The van der Waals surface area contributed by atoms with E-state index < -0.39 is 18.5 Å². The number of ether oxygens (including phenoxy) is 4. The summed E-state index contributed by atoms with van der Waals surface area (Å²) in [6.07, 6.45) is 2.79.